The molecule has 0 saturated carbocycles. The van der Waals surface area contributed by atoms with E-state index >= 15 is 0 Å². The van der Waals surface area contributed by atoms with Gasteiger partial charge in [0.15, 0.2) is 0 Å². The Kier molecular flexibility index (Phi) is 3.33. The van der Waals surface area contributed by atoms with Crippen LogP contribution in [0.5, 0.6) is 0 Å². The summed E-state index contributed by atoms with van der Waals surface area (Å²) in [6.45, 7) is 0.507. The van der Waals surface area contributed by atoms with E-state index in [1.807, 2.05) is 18.2 Å². The average molecular weight is 253 g/mol. The molecule has 2 rings (SSSR count). The Morgan fingerprint density at radius 2 is 2.29 bits per heavy atom. The number of fused-ring (bicyclic) bond motifs is 1. The molecule has 1 N–H and O–H groups in total. The predicted octanol–water partition coefficient (Wildman–Crippen LogP) is 1.38. The van der Waals surface area contributed by atoms with Crippen molar-refractivity contribution < 1.29 is 9.59 Å². The molecule has 4 nitrogen and oxygen atoms in total. The summed E-state index contributed by atoms with van der Waals surface area (Å²) in [5.41, 5.74) is 2.85. The van der Waals surface area contributed by atoms with Gasteiger partial charge < -0.3 is 10.2 Å². The quantitative estimate of drug-likeness (QED) is 0.827. The minimum atomic E-state index is -0.110. The molecule has 0 bridgehead atoms. The van der Waals surface area contributed by atoms with Crippen LogP contribution < -0.4 is 5.32 Å². The molecule has 90 valence electrons. The summed E-state index contributed by atoms with van der Waals surface area (Å²) in [6, 6.07) is 5.72. The average Bonchev–Trinajstić information content (AvgIpc) is 2.67. The number of carbonyl (C=O) groups is 2. The van der Waals surface area contributed by atoms with Crippen LogP contribution >= 0.6 is 11.6 Å². The van der Waals surface area contributed by atoms with Crippen LogP contribution in [0.4, 0.5) is 5.69 Å². The van der Waals surface area contributed by atoms with Gasteiger partial charge in [-0.3, -0.25) is 9.59 Å². The van der Waals surface area contributed by atoms with E-state index in [2.05, 4.69) is 5.32 Å². The molecule has 0 aromatic heterocycles. The van der Waals surface area contributed by atoms with Crippen molar-refractivity contribution in [2.24, 2.45) is 0 Å². The molecule has 1 aromatic rings. The minimum Gasteiger partial charge on any atom is -0.340 e. The van der Waals surface area contributed by atoms with Crippen LogP contribution in [0.1, 0.15) is 11.1 Å². The molecule has 0 saturated heterocycles. The van der Waals surface area contributed by atoms with Crippen molar-refractivity contribution in [1.29, 1.82) is 0 Å². The van der Waals surface area contributed by atoms with Gasteiger partial charge in [0.05, 0.1) is 6.42 Å². The fraction of sp³-hybridized carbons (Fsp3) is 0.333. The van der Waals surface area contributed by atoms with Gasteiger partial charge in [-0.2, -0.15) is 0 Å². The molecule has 5 heteroatoms. The van der Waals surface area contributed by atoms with Crippen molar-refractivity contribution in [1.82, 2.24) is 4.90 Å². The zero-order chi connectivity index (χ0) is 12.4. The molecule has 17 heavy (non-hydrogen) atoms. The molecular formula is C12H13ClN2O2. The Morgan fingerprint density at radius 1 is 1.53 bits per heavy atom. The molecule has 0 radical (unpaired) electrons. The molecule has 0 aliphatic carbocycles. The van der Waals surface area contributed by atoms with E-state index in [-0.39, 0.29) is 17.7 Å². The van der Waals surface area contributed by atoms with Crippen LogP contribution in [-0.4, -0.2) is 29.6 Å². The number of anilines is 1. The van der Waals surface area contributed by atoms with Gasteiger partial charge in [0.1, 0.15) is 5.88 Å². The van der Waals surface area contributed by atoms with Crippen molar-refractivity contribution in [3.63, 3.8) is 0 Å². The number of halogens is 1. The first-order valence-electron chi connectivity index (χ1n) is 5.31. The SMILES string of the molecule is CN(Cc1ccc2c(c1)CC(=O)N2)C(=O)CCl. The molecule has 1 aliphatic rings. The number of benzene rings is 1. The van der Waals surface area contributed by atoms with Crippen LogP contribution in [0.25, 0.3) is 0 Å². The predicted molar refractivity (Wildman–Crippen MR) is 66.0 cm³/mol. The fourth-order valence-electron chi connectivity index (χ4n) is 1.85. The molecule has 0 atom stereocenters. The summed E-state index contributed by atoms with van der Waals surface area (Å²) in [5, 5.41) is 2.77. The van der Waals surface area contributed by atoms with Crippen molar-refractivity contribution in [3.05, 3.63) is 29.3 Å². The summed E-state index contributed by atoms with van der Waals surface area (Å²) < 4.78 is 0. The van der Waals surface area contributed by atoms with Gasteiger partial charge in [0.2, 0.25) is 11.8 Å². The molecule has 0 spiro atoms. The summed E-state index contributed by atoms with van der Waals surface area (Å²) in [5.74, 6) is -0.106. The normalized spacial score (nSPS) is 13.2. The van der Waals surface area contributed by atoms with E-state index < -0.39 is 0 Å². The zero-order valence-electron chi connectivity index (χ0n) is 9.50. The lowest BCUT2D eigenvalue weighted by Gasteiger charge is -2.16. The van der Waals surface area contributed by atoms with Crippen molar-refractivity contribution in [2.75, 3.05) is 18.2 Å². The Balaban J connectivity index is 2.11. The largest absolute Gasteiger partial charge is 0.340 e. The van der Waals surface area contributed by atoms with Gasteiger partial charge in [0.25, 0.3) is 0 Å². The van der Waals surface area contributed by atoms with E-state index in [1.165, 1.54) is 0 Å². The highest BCUT2D eigenvalue weighted by Crippen LogP contribution is 2.24. The number of alkyl halides is 1. The maximum absolute atomic E-state index is 11.3. The second-order valence-electron chi connectivity index (χ2n) is 4.10. The lowest BCUT2D eigenvalue weighted by atomic mass is 10.1. The third-order valence-corrected chi connectivity index (χ3v) is 2.98. The number of rotatable bonds is 3. The maximum atomic E-state index is 11.3. The highest BCUT2D eigenvalue weighted by molar-refractivity contribution is 6.27. The Labute approximate surface area is 105 Å². The Morgan fingerprint density at radius 3 is 3.00 bits per heavy atom. The molecular weight excluding hydrogens is 240 g/mol. The van der Waals surface area contributed by atoms with E-state index in [0.29, 0.717) is 13.0 Å². The first kappa shape index (κ1) is 11.9. The fourth-order valence-corrected chi connectivity index (χ4v) is 2.05. The highest BCUT2D eigenvalue weighted by Gasteiger charge is 2.18. The number of nitrogens with zero attached hydrogens (tertiary/aromatic N) is 1. The van der Waals surface area contributed by atoms with Crippen molar-refractivity contribution in [2.45, 2.75) is 13.0 Å². The minimum absolute atomic E-state index is 0.0124. The van der Waals surface area contributed by atoms with E-state index in [1.54, 1.807) is 11.9 Å². The summed E-state index contributed by atoms with van der Waals surface area (Å²) in [4.78, 5) is 24.1. The Bertz CT molecular complexity index is 474. The number of amides is 2. The van der Waals surface area contributed by atoms with Crippen LogP contribution in [0.3, 0.4) is 0 Å². The second-order valence-corrected chi connectivity index (χ2v) is 4.37. The van der Waals surface area contributed by atoms with Gasteiger partial charge in [-0.1, -0.05) is 12.1 Å². The molecule has 0 unspecified atom stereocenters. The van der Waals surface area contributed by atoms with Gasteiger partial charge in [-0.15, -0.1) is 11.6 Å². The topological polar surface area (TPSA) is 49.4 Å². The van der Waals surface area contributed by atoms with E-state index in [0.717, 1.165) is 16.8 Å². The lowest BCUT2D eigenvalue weighted by molar-refractivity contribution is -0.127. The molecule has 2 amide bonds. The second kappa shape index (κ2) is 4.75. The van der Waals surface area contributed by atoms with E-state index in [9.17, 15) is 9.59 Å². The van der Waals surface area contributed by atoms with Crippen LogP contribution in [-0.2, 0) is 22.6 Å². The monoisotopic (exact) mass is 252 g/mol. The highest BCUT2D eigenvalue weighted by atomic mass is 35.5. The molecule has 1 heterocycles. The molecule has 1 aromatic carbocycles. The first-order chi connectivity index (χ1) is 8.10. The van der Waals surface area contributed by atoms with Gasteiger partial charge in [0, 0.05) is 19.3 Å². The lowest BCUT2D eigenvalue weighted by Crippen LogP contribution is -2.27. The van der Waals surface area contributed by atoms with Crippen LogP contribution in [0, 0.1) is 0 Å². The molecule has 1 aliphatic heterocycles. The van der Waals surface area contributed by atoms with Crippen molar-refractivity contribution >= 4 is 29.1 Å². The molecule has 0 fully saturated rings. The summed E-state index contributed by atoms with van der Waals surface area (Å²) in [7, 11) is 1.71. The number of carbonyl (C=O) groups excluding carboxylic acids is 2. The van der Waals surface area contributed by atoms with E-state index in [4.69, 9.17) is 11.6 Å². The number of hydrogen-bond donors (Lipinski definition) is 1. The summed E-state index contributed by atoms with van der Waals surface area (Å²) >= 11 is 5.48. The number of nitrogens with one attached hydrogen (secondary N) is 1. The number of hydrogen-bond acceptors (Lipinski definition) is 2. The van der Waals surface area contributed by atoms with Crippen molar-refractivity contribution in [3.8, 4) is 0 Å². The zero-order valence-corrected chi connectivity index (χ0v) is 10.3. The van der Waals surface area contributed by atoms with Gasteiger partial charge in [-0.25, -0.2) is 0 Å². The third-order valence-electron chi connectivity index (χ3n) is 2.75. The maximum Gasteiger partial charge on any atom is 0.237 e. The standard InChI is InChI=1S/C12H13ClN2O2/c1-15(12(17)6-13)7-8-2-3-10-9(4-8)5-11(16)14-10/h2-4H,5-7H2,1H3,(H,14,16). The summed E-state index contributed by atoms with van der Waals surface area (Å²) in [6.07, 6.45) is 0.413. The van der Waals surface area contributed by atoms with Gasteiger partial charge >= 0.3 is 0 Å². The van der Waals surface area contributed by atoms with Crippen LogP contribution in [0.15, 0.2) is 18.2 Å². The third kappa shape index (κ3) is 2.58. The Hall–Kier alpha value is -1.55. The first-order valence-corrected chi connectivity index (χ1v) is 5.85. The van der Waals surface area contributed by atoms with Crippen LogP contribution in [0.2, 0.25) is 0 Å². The smallest absolute Gasteiger partial charge is 0.237 e. The van der Waals surface area contributed by atoms with Gasteiger partial charge in [-0.05, 0) is 17.2 Å².